The summed E-state index contributed by atoms with van der Waals surface area (Å²) >= 11 is 0. The van der Waals surface area contributed by atoms with E-state index in [4.69, 9.17) is 28.9 Å². The van der Waals surface area contributed by atoms with Crippen molar-refractivity contribution in [2.75, 3.05) is 94.5 Å². The molecule has 4 heterocycles. The Labute approximate surface area is 298 Å². The molecule has 0 unspecified atom stereocenters. The summed E-state index contributed by atoms with van der Waals surface area (Å²) in [4.78, 5) is 31.4. The minimum Gasteiger partial charge on any atom is -0.493 e. The number of hydrogen-bond acceptors (Lipinski definition) is 11. The van der Waals surface area contributed by atoms with Crippen molar-refractivity contribution in [3.8, 4) is 17.2 Å². The zero-order valence-corrected chi connectivity index (χ0v) is 30.4. The monoisotopic (exact) mass is 726 g/mol. The van der Waals surface area contributed by atoms with Gasteiger partial charge in [0.2, 0.25) is 11.7 Å². The predicted molar refractivity (Wildman–Crippen MR) is 192 cm³/mol. The van der Waals surface area contributed by atoms with Crippen molar-refractivity contribution in [2.45, 2.75) is 52.0 Å². The van der Waals surface area contributed by atoms with E-state index in [1.54, 1.807) is 14.2 Å². The van der Waals surface area contributed by atoms with Crippen LogP contribution in [0.15, 0.2) is 18.2 Å². The van der Waals surface area contributed by atoms with Crippen molar-refractivity contribution in [3.05, 3.63) is 23.8 Å². The van der Waals surface area contributed by atoms with Gasteiger partial charge >= 0.3 is 5.97 Å². The second-order valence-corrected chi connectivity index (χ2v) is 11.1. The first-order valence-electron chi connectivity index (χ1n) is 15.5. The van der Waals surface area contributed by atoms with Crippen molar-refractivity contribution in [3.63, 3.8) is 0 Å². The first kappa shape index (κ1) is 41.7. The molecule has 0 bridgehead atoms. The van der Waals surface area contributed by atoms with Gasteiger partial charge in [0.15, 0.2) is 11.5 Å². The molecule has 11 nitrogen and oxygen atoms in total. The summed E-state index contributed by atoms with van der Waals surface area (Å²) in [5, 5.41) is 0. The molecule has 5 rings (SSSR count). The number of carbonyl (C=O) groups is 1. The van der Waals surface area contributed by atoms with Crippen molar-refractivity contribution < 1.29 is 23.7 Å². The zero-order chi connectivity index (χ0) is 29.3. The van der Waals surface area contributed by atoms with E-state index >= 15 is 0 Å². The van der Waals surface area contributed by atoms with Crippen molar-refractivity contribution >= 4 is 73.2 Å². The zero-order valence-electron chi connectivity index (χ0n) is 27.1. The van der Waals surface area contributed by atoms with Gasteiger partial charge in [-0.05, 0) is 45.1 Å². The van der Waals surface area contributed by atoms with Crippen LogP contribution in [0.2, 0.25) is 0 Å². The average Bonchev–Trinajstić information content (AvgIpc) is 3.75. The summed E-state index contributed by atoms with van der Waals surface area (Å²) in [6, 6.07) is 6.16. The lowest BCUT2D eigenvalue weighted by Crippen LogP contribution is -2.46. The van der Waals surface area contributed by atoms with E-state index in [2.05, 4.69) is 25.7 Å². The van der Waals surface area contributed by atoms with E-state index in [0.29, 0.717) is 43.3 Å². The lowest BCUT2D eigenvalue weighted by Gasteiger charge is -2.36. The first-order chi connectivity index (χ1) is 20.6. The summed E-state index contributed by atoms with van der Waals surface area (Å²) < 4.78 is 22.5. The van der Waals surface area contributed by atoms with Crippen molar-refractivity contribution in [1.29, 1.82) is 0 Å². The molecule has 0 N–H and O–H groups in total. The van der Waals surface area contributed by atoms with Gasteiger partial charge in [-0.3, -0.25) is 9.69 Å². The Morgan fingerprint density at radius 3 is 1.91 bits per heavy atom. The highest BCUT2D eigenvalue weighted by molar-refractivity contribution is 5.86. The summed E-state index contributed by atoms with van der Waals surface area (Å²) in [6.45, 7) is 11.1. The lowest BCUT2D eigenvalue weighted by atomic mass is 10.1. The molecule has 46 heavy (non-hydrogen) atoms. The summed E-state index contributed by atoms with van der Waals surface area (Å²) in [5.74, 6) is 4.64. The largest absolute Gasteiger partial charge is 0.493 e. The van der Waals surface area contributed by atoms with Crippen molar-refractivity contribution in [1.82, 2.24) is 14.9 Å². The summed E-state index contributed by atoms with van der Waals surface area (Å²) in [7, 11) is 3.25. The molecule has 262 valence electrons. The van der Waals surface area contributed by atoms with Gasteiger partial charge in [0.25, 0.3) is 0 Å². The molecule has 1 aromatic carbocycles. The molecule has 3 fully saturated rings. The normalized spacial score (nSPS) is 16.0. The maximum atomic E-state index is 11.8. The number of esters is 1. The minimum atomic E-state index is -0.208. The minimum absolute atomic E-state index is 0. The molecule has 3 aliphatic rings. The molecule has 15 heteroatoms. The standard InChI is InChI=1S/C31H46N6O5.4ClH/c1-4-41-28(38)10-9-21-42-29-24(11-12-25(39-2)30(29)40-3)23-34-17-19-36(20-18-34)27-22-26(35-13-5-6-14-35)32-31(33-27)37-15-7-8-16-37;;;;/h11-12,22H,4-10,13-21,23H2,1-3H3;4*1H. The highest BCUT2D eigenvalue weighted by Crippen LogP contribution is 2.41. The third kappa shape index (κ3) is 10.6. The third-order valence-electron chi connectivity index (χ3n) is 8.26. The third-order valence-corrected chi connectivity index (χ3v) is 8.26. The number of nitrogens with zero attached hydrogens (tertiary/aromatic N) is 6. The lowest BCUT2D eigenvalue weighted by molar-refractivity contribution is -0.143. The van der Waals surface area contributed by atoms with Gasteiger partial charge in [0, 0.05) is 77.0 Å². The Hall–Kier alpha value is -2.31. The molecule has 1 aromatic heterocycles. The van der Waals surface area contributed by atoms with Gasteiger partial charge in [-0.15, -0.1) is 49.6 Å². The number of piperazine rings is 1. The molecule has 2 aromatic rings. The van der Waals surface area contributed by atoms with Crippen LogP contribution in [0.5, 0.6) is 17.2 Å². The fourth-order valence-corrected chi connectivity index (χ4v) is 5.96. The average molecular weight is 729 g/mol. The maximum Gasteiger partial charge on any atom is 0.305 e. The Bertz CT molecular complexity index is 1160. The smallest absolute Gasteiger partial charge is 0.305 e. The van der Waals surface area contributed by atoms with E-state index in [-0.39, 0.29) is 55.6 Å². The van der Waals surface area contributed by atoms with Crippen LogP contribution in [-0.2, 0) is 16.1 Å². The number of hydrogen-bond donors (Lipinski definition) is 0. The van der Waals surface area contributed by atoms with Gasteiger partial charge < -0.3 is 33.6 Å². The van der Waals surface area contributed by atoms with Crippen LogP contribution in [-0.4, -0.2) is 101 Å². The van der Waals surface area contributed by atoms with Crippen LogP contribution in [0.4, 0.5) is 17.6 Å². The van der Waals surface area contributed by atoms with Crippen molar-refractivity contribution in [2.24, 2.45) is 0 Å². The Kier molecular flexibility index (Phi) is 18.9. The molecule has 3 aliphatic heterocycles. The fraction of sp³-hybridized carbons (Fsp3) is 0.645. The SMILES string of the molecule is CCOC(=O)CCCOc1c(CN2CCN(c3cc(N4CCCC4)nc(N4CCCC4)n3)CC2)ccc(OC)c1OC.Cl.Cl.Cl.Cl. The number of methoxy groups -OCH3 is 2. The van der Waals surface area contributed by atoms with Crippen LogP contribution in [0.25, 0.3) is 0 Å². The fourth-order valence-electron chi connectivity index (χ4n) is 5.96. The number of anilines is 3. The number of halogens is 4. The molecule has 0 radical (unpaired) electrons. The Balaban J connectivity index is 0.00000264. The van der Waals surface area contributed by atoms with E-state index in [9.17, 15) is 4.79 Å². The van der Waals surface area contributed by atoms with Gasteiger partial charge in [-0.2, -0.15) is 9.97 Å². The molecular weight excluding hydrogens is 678 g/mol. The topological polar surface area (TPSA) is 92.7 Å². The van der Waals surface area contributed by atoms with Crippen LogP contribution in [0.3, 0.4) is 0 Å². The summed E-state index contributed by atoms with van der Waals surface area (Å²) in [5.41, 5.74) is 1.03. The number of benzene rings is 1. The van der Waals surface area contributed by atoms with E-state index in [1.807, 2.05) is 19.1 Å². The van der Waals surface area contributed by atoms with E-state index < -0.39 is 0 Å². The second kappa shape index (κ2) is 20.8. The molecule has 0 spiro atoms. The van der Waals surface area contributed by atoms with Crippen LogP contribution in [0.1, 0.15) is 51.0 Å². The Morgan fingerprint density at radius 1 is 0.761 bits per heavy atom. The number of ether oxygens (including phenoxy) is 4. The number of carbonyl (C=O) groups excluding carboxylic acids is 1. The first-order valence-corrected chi connectivity index (χ1v) is 15.5. The van der Waals surface area contributed by atoms with E-state index in [0.717, 1.165) is 82.1 Å². The maximum absolute atomic E-state index is 11.8. The number of rotatable bonds is 13. The molecule has 0 saturated carbocycles. The highest BCUT2D eigenvalue weighted by Gasteiger charge is 2.26. The predicted octanol–water partition coefficient (Wildman–Crippen LogP) is 5.43. The Morgan fingerprint density at radius 2 is 1.35 bits per heavy atom. The van der Waals surface area contributed by atoms with Gasteiger partial charge in [-0.1, -0.05) is 6.07 Å². The van der Waals surface area contributed by atoms with Crippen LogP contribution in [0, 0.1) is 0 Å². The van der Waals surface area contributed by atoms with Crippen LogP contribution >= 0.6 is 49.6 Å². The second-order valence-electron chi connectivity index (χ2n) is 11.1. The molecule has 3 saturated heterocycles. The number of aromatic nitrogens is 2. The molecule has 0 atom stereocenters. The molecule has 0 aliphatic carbocycles. The quantitative estimate of drug-likeness (QED) is 0.196. The highest BCUT2D eigenvalue weighted by atomic mass is 35.5. The van der Waals surface area contributed by atoms with E-state index in [1.165, 1.54) is 25.7 Å². The van der Waals surface area contributed by atoms with Crippen LogP contribution < -0.4 is 28.9 Å². The van der Waals surface area contributed by atoms with Gasteiger partial charge in [0.1, 0.15) is 11.6 Å². The molecule has 0 amide bonds. The van der Waals surface area contributed by atoms with Gasteiger partial charge in [0.05, 0.1) is 27.4 Å². The summed E-state index contributed by atoms with van der Waals surface area (Å²) in [6.07, 6.45) is 5.75. The molecular formula is C31H50Cl4N6O5. The van der Waals surface area contributed by atoms with Gasteiger partial charge in [-0.25, -0.2) is 0 Å².